The SMILES string of the molecule is CB(O)N(C)c1ccc(-c2cc3ccc(OCCO[Si](C)(C)C(C)(C)C)cc3s2)cc1. The molecule has 1 heterocycles. The largest absolute Gasteiger partial charge is 0.491 e. The van der Waals surface area contributed by atoms with E-state index in [9.17, 15) is 5.02 Å². The topological polar surface area (TPSA) is 41.9 Å². The van der Waals surface area contributed by atoms with Crippen LogP contribution in [0.4, 0.5) is 5.69 Å². The van der Waals surface area contributed by atoms with E-state index in [-0.39, 0.29) is 5.04 Å². The quantitative estimate of drug-likeness (QED) is 0.310. The van der Waals surface area contributed by atoms with Crippen LogP contribution >= 0.6 is 11.3 Å². The van der Waals surface area contributed by atoms with Crippen LogP contribution in [-0.4, -0.2) is 40.7 Å². The van der Waals surface area contributed by atoms with Crippen LogP contribution < -0.4 is 9.55 Å². The highest BCUT2D eigenvalue weighted by Crippen LogP contribution is 2.37. The Labute approximate surface area is 192 Å². The van der Waals surface area contributed by atoms with Crippen LogP contribution in [0.3, 0.4) is 0 Å². The standard InChI is InChI=1S/C24H34BNO3SSi/c1-24(2,3)31(6,7)29-15-14-28-21-13-10-19-16-22(30-23(19)17-21)18-8-11-20(12-9-18)26(5)25(4)27/h8-13,16-17,27H,14-15H2,1-7H3. The second-order valence-electron chi connectivity index (χ2n) is 9.56. The second-order valence-corrected chi connectivity index (χ2v) is 15.5. The maximum Gasteiger partial charge on any atom is 0.409 e. The molecule has 7 heteroatoms. The number of rotatable bonds is 8. The molecule has 3 aromatic rings. The Morgan fingerprint density at radius 1 is 1.03 bits per heavy atom. The molecule has 166 valence electrons. The van der Waals surface area contributed by atoms with Crippen molar-refractivity contribution < 1.29 is 14.2 Å². The lowest BCUT2D eigenvalue weighted by molar-refractivity contribution is 0.203. The Morgan fingerprint density at radius 3 is 2.32 bits per heavy atom. The smallest absolute Gasteiger partial charge is 0.409 e. The molecule has 3 rings (SSSR count). The van der Waals surface area contributed by atoms with Crippen molar-refractivity contribution in [1.82, 2.24) is 0 Å². The third-order valence-electron chi connectivity index (χ3n) is 6.23. The molecular weight excluding hydrogens is 421 g/mol. The number of hydrogen-bond donors (Lipinski definition) is 1. The summed E-state index contributed by atoms with van der Waals surface area (Å²) in [6.45, 7) is 14.2. The summed E-state index contributed by atoms with van der Waals surface area (Å²) < 4.78 is 13.4. The lowest BCUT2D eigenvalue weighted by Crippen LogP contribution is -2.41. The van der Waals surface area contributed by atoms with Crippen molar-refractivity contribution in [2.24, 2.45) is 0 Å². The van der Waals surface area contributed by atoms with Gasteiger partial charge in [-0.3, -0.25) is 0 Å². The number of benzene rings is 2. The summed E-state index contributed by atoms with van der Waals surface area (Å²) in [6, 6.07) is 16.8. The molecule has 0 saturated carbocycles. The van der Waals surface area contributed by atoms with Crippen LogP contribution in [0.2, 0.25) is 25.0 Å². The Morgan fingerprint density at radius 2 is 1.71 bits per heavy atom. The molecule has 4 nitrogen and oxygen atoms in total. The fourth-order valence-electron chi connectivity index (χ4n) is 2.99. The number of fused-ring (bicyclic) bond motifs is 1. The van der Waals surface area contributed by atoms with E-state index in [1.807, 2.05) is 30.1 Å². The van der Waals surface area contributed by atoms with E-state index in [4.69, 9.17) is 9.16 Å². The van der Waals surface area contributed by atoms with Crippen molar-refractivity contribution in [2.75, 3.05) is 25.1 Å². The van der Waals surface area contributed by atoms with E-state index in [2.05, 4.69) is 64.2 Å². The normalized spacial score (nSPS) is 12.3. The molecule has 31 heavy (non-hydrogen) atoms. The van der Waals surface area contributed by atoms with Crippen molar-refractivity contribution >= 4 is 42.5 Å². The summed E-state index contributed by atoms with van der Waals surface area (Å²) in [5.41, 5.74) is 2.17. The third kappa shape index (κ3) is 5.72. The Bertz CT molecular complexity index is 1010. The minimum absolute atomic E-state index is 0.212. The Hall–Kier alpha value is -1.80. The lowest BCUT2D eigenvalue weighted by atomic mass is 9.85. The number of nitrogens with zero attached hydrogens (tertiary/aromatic N) is 1. The molecule has 0 unspecified atom stereocenters. The molecule has 1 N–H and O–H groups in total. The van der Waals surface area contributed by atoms with Gasteiger partial charge in [0, 0.05) is 15.3 Å². The van der Waals surface area contributed by atoms with Crippen LogP contribution in [0.15, 0.2) is 48.5 Å². The highest BCUT2D eigenvalue weighted by Gasteiger charge is 2.36. The van der Waals surface area contributed by atoms with Gasteiger partial charge in [-0.25, -0.2) is 0 Å². The van der Waals surface area contributed by atoms with Crippen molar-refractivity contribution in [3.8, 4) is 16.2 Å². The first-order valence-corrected chi connectivity index (χ1v) is 14.5. The first-order valence-electron chi connectivity index (χ1n) is 10.8. The minimum atomic E-state index is -1.73. The number of thiophene rings is 1. The molecule has 0 aliphatic rings. The van der Waals surface area contributed by atoms with E-state index < -0.39 is 15.4 Å². The molecule has 0 aliphatic heterocycles. The highest BCUT2D eigenvalue weighted by atomic mass is 32.1. The van der Waals surface area contributed by atoms with Gasteiger partial charge in [-0.2, -0.15) is 0 Å². The molecule has 0 bridgehead atoms. The zero-order valence-corrected chi connectivity index (χ0v) is 21.5. The van der Waals surface area contributed by atoms with Gasteiger partial charge in [0.05, 0.1) is 6.61 Å². The van der Waals surface area contributed by atoms with Gasteiger partial charge in [-0.1, -0.05) is 32.9 Å². The van der Waals surface area contributed by atoms with Gasteiger partial charge in [0.25, 0.3) is 0 Å². The van der Waals surface area contributed by atoms with Gasteiger partial charge < -0.3 is 19.0 Å². The van der Waals surface area contributed by atoms with Gasteiger partial charge in [-0.05, 0) is 79.4 Å². The first kappa shape index (κ1) is 23.9. The molecule has 0 saturated heterocycles. The van der Waals surface area contributed by atoms with Crippen molar-refractivity contribution in [2.45, 2.75) is 45.7 Å². The molecular formula is C24H34BNO3SSi. The summed E-state index contributed by atoms with van der Waals surface area (Å²) in [5, 5.41) is 11.2. The summed E-state index contributed by atoms with van der Waals surface area (Å²) in [7, 11) is -0.360. The molecule has 0 amide bonds. The lowest BCUT2D eigenvalue weighted by Gasteiger charge is -2.36. The molecule has 2 aromatic carbocycles. The molecule has 0 fully saturated rings. The van der Waals surface area contributed by atoms with Crippen molar-refractivity contribution in [1.29, 1.82) is 0 Å². The van der Waals surface area contributed by atoms with Crippen molar-refractivity contribution in [3.63, 3.8) is 0 Å². The van der Waals surface area contributed by atoms with E-state index in [1.54, 1.807) is 18.2 Å². The maximum atomic E-state index is 9.74. The Balaban J connectivity index is 1.65. The van der Waals surface area contributed by atoms with Gasteiger partial charge in [0.2, 0.25) is 0 Å². The minimum Gasteiger partial charge on any atom is -0.491 e. The number of ether oxygens (including phenoxy) is 1. The Kier molecular flexibility index (Phi) is 7.21. The summed E-state index contributed by atoms with van der Waals surface area (Å²) in [6.07, 6.45) is 0. The summed E-state index contributed by atoms with van der Waals surface area (Å²) >= 11 is 1.76. The zero-order chi connectivity index (χ0) is 22.8. The number of hydrogen-bond acceptors (Lipinski definition) is 5. The third-order valence-corrected chi connectivity index (χ3v) is 11.9. The summed E-state index contributed by atoms with van der Waals surface area (Å²) in [5.74, 6) is 0.883. The molecule has 1 aromatic heterocycles. The van der Waals surface area contributed by atoms with Crippen LogP contribution in [0.25, 0.3) is 20.5 Å². The van der Waals surface area contributed by atoms with Gasteiger partial charge in [0.1, 0.15) is 12.4 Å². The van der Waals surface area contributed by atoms with Crippen LogP contribution in [0.5, 0.6) is 5.75 Å². The predicted molar refractivity (Wildman–Crippen MR) is 138 cm³/mol. The molecule has 0 spiro atoms. The van der Waals surface area contributed by atoms with Gasteiger partial charge in [0.15, 0.2) is 8.32 Å². The van der Waals surface area contributed by atoms with Crippen LogP contribution in [0, 0.1) is 0 Å². The monoisotopic (exact) mass is 455 g/mol. The van der Waals surface area contributed by atoms with E-state index in [1.165, 1.54) is 20.5 Å². The molecule has 0 atom stereocenters. The summed E-state index contributed by atoms with van der Waals surface area (Å²) in [4.78, 5) is 3.06. The van der Waals surface area contributed by atoms with E-state index in [0.29, 0.717) is 13.2 Å². The molecule has 0 aliphatic carbocycles. The average molecular weight is 456 g/mol. The van der Waals surface area contributed by atoms with Gasteiger partial charge >= 0.3 is 7.05 Å². The first-order chi connectivity index (χ1) is 14.5. The number of anilines is 1. The van der Waals surface area contributed by atoms with Crippen LogP contribution in [0.1, 0.15) is 20.8 Å². The van der Waals surface area contributed by atoms with Crippen molar-refractivity contribution in [3.05, 3.63) is 48.5 Å². The van der Waals surface area contributed by atoms with Crippen LogP contribution in [-0.2, 0) is 4.43 Å². The van der Waals surface area contributed by atoms with E-state index >= 15 is 0 Å². The van der Waals surface area contributed by atoms with E-state index in [0.717, 1.165) is 11.4 Å². The zero-order valence-electron chi connectivity index (χ0n) is 19.7. The predicted octanol–water partition coefficient (Wildman–Crippen LogP) is 6.52. The highest BCUT2D eigenvalue weighted by molar-refractivity contribution is 7.22. The average Bonchev–Trinajstić information content (AvgIpc) is 3.13. The molecule has 0 radical (unpaired) electrons. The fraction of sp³-hybridized carbons (Fsp3) is 0.417. The maximum absolute atomic E-state index is 9.74. The van der Waals surface area contributed by atoms with Gasteiger partial charge in [-0.15, -0.1) is 11.3 Å². The fourth-order valence-corrected chi connectivity index (χ4v) is 5.12. The second kappa shape index (κ2) is 9.37.